The minimum Gasteiger partial charge on any atom is -0.467 e. The first-order chi connectivity index (χ1) is 7.16. The monoisotopic (exact) mass is 225 g/mol. The molecule has 1 aliphatic rings. The number of ketones is 1. The van der Waals surface area contributed by atoms with Crippen LogP contribution in [-0.2, 0) is 0 Å². The first-order valence-corrected chi connectivity index (χ1v) is 6.13. The molecule has 0 N–H and O–H groups in total. The van der Waals surface area contributed by atoms with Gasteiger partial charge in [0.15, 0.2) is 5.78 Å². The van der Waals surface area contributed by atoms with Crippen LogP contribution in [0.2, 0.25) is 0 Å². The molecule has 0 radical (unpaired) electrons. The van der Waals surface area contributed by atoms with Gasteiger partial charge in [0, 0.05) is 6.92 Å². The van der Waals surface area contributed by atoms with Crippen molar-refractivity contribution >= 4 is 17.1 Å². The van der Waals surface area contributed by atoms with Crippen LogP contribution in [0, 0.1) is 6.92 Å². The van der Waals surface area contributed by atoms with Gasteiger partial charge in [-0.05, 0) is 32.6 Å². The lowest BCUT2D eigenvalue weighted by molar-refractivity contribution is 0.102. The van der Waals surface area contributed by atoms with E-state index in [4.69, 9.17) is 4.74 Å². The van der Waals surface area contributed by atoms with E-state index in [1.807, 2.05) is 6.92 Å². The topological polar surface area (TPSA) is 39.2 Å². The zero-order chi connectivity index (χ0) is 10.8. The molecular weight excluding hydrogens is 210 g/mol. The van der Waals surface area contributed by atoms with Gasteiger partial charge in [-0.3, -0.25) is 4.79 Å². The number of nitrogens with zero attached hydrogens (tertiary/aromatic N) is 1. The summed E-state index contributed by atoms with van der Waals surface area (Å²) < 4.78 is 5.74. The first-order valence-electron chi connectivity index (χ1n) is 5.32. The highest BCUT2D eigenvalue weighted by Gasteiger charge is 2.19. The minimum atomic E-state index is 0.0753. The number of rotatable bonds is 3. The quantitative estimate of drug-likeness (QED) is 0.742. The summed E-state index contributed by atoms with van der Waals surface area (Å²) >= 11 is 1.37. The van der Waals surface area contributed by atoms with Crippen LogP contribution in [0.3, 0.4) is 0 Å². The van der Waals surface area contributed by atoms with Gasteiger partial charge >= 0.3 is 0 Å². The Labute approximate surface area is 93.5 Å². The van der Waals surface area contributed by atoms with Gasteiger partial charge in [-0.1, -0.05) is 11.3 Å². The largest absolute Gasteiger partial charge is 0.467 e. The Morgan fingerprint density at radius 1 is 1.47 bits per heavy atom. The van der Waals surface area contributed by atoms with Crippen molar-refractivity contribution in [3.8, 4) is 5.19 Å². The number of carbonyl (C=O) groups excluding carboxylic acids is 1. The summed E-state index contributed by atoms with van der Waals surface area (Å²) in [6.45, 7) is 3.43. The summed E-state index contributed by atoms with van der Waals surface area (Å²) in [5.41, 5.74) is 0.792. The lowest BCUT2D eigenvalue weighted by atomic mass is 10.3. The number of hydrogen-bond donors (Lipinski definition) is 0. The van der Waals surface area contributed by atoms with Crippen molar-refractivity contribution in [1.29, 1.82) is 0 Å². The van der Waals surface area contributed by atoms with Crippen LogP contribution in [0.5, 0.6) is 5.19 Å². The Balaban J connectivity index is 2.08. The molecule has 15 heavy (non-hydrogen) atoms. The predicted octanol–water partition coefficient (Wildman–Crippen LogP) is 2.98. The molecule has 4 heteroatoms. The van der Waals surface area contributed by atoms with Crippen LogP contribution >= 0.6 is 11.3 Å². The third-order valence-electron chi connectivity index (χ3n) is 2.67. The Bertz CT molecular complexity index is 367. The fraction of sp³-hybridized carbons (Fsp3) is 0.636. The molecule has 1 fully saturated rings. The van der Waals surface area contributed by atoms with Gasteiger partial charge in [-0.15, -0.1) is 0 Å². The summed E-state index contributed by atoms with van der Waals surface area (Å²) in [5.74, 6) is 0.0753. The number of ether oxygens (including phenoxy) is 1. The Hall–Kier alpha value is -0.900. The molecule has 1 aromatic rings. The summed E-state index contributed by atoms with van der Waals surface area (Å²) in [5, 5.41) is 0.657. The van der Waals surface area contributed by atoms with Crippen LogP contribution in [0.15, 0.2) is 0 Å². The third-order valence-corrected chi connectivity index (χ3v) is 3.82. The van der Waals surface area contributed by atoms with Crippen LogP contribution in [0.1, 0.15) is 48.0 Å². The van der Waals surface area contributed by atoms with Crippen molar-refractivity contribution in [1.82, 2.24) is 4.98 Å². The van der Waals surface area contributed by atoms with Crippen molar-refractivity contribution in [2.24, 2.45) is 0 Å². The molecular formula is C11H15NO2S. The Morgan fingerprint density at radius 3 is 2.67 bits per heavy atom. The number of carbonyl (C=O) groups is 1. The van der Waals surface area contributed by atoms with Crippen LogP contribution in [0.25, 0.3) is 0 Å². The summed E-state index contributed by atoms with van der Waals surface area (Å²) in [6, 6.07) is 0. The summed E-state index contributed by atoms with van der Waals surface area (Å²) in [4.78, 5) is 16.2. The SMILES string of the molecule is CC(=O)c1sc(OC2CCCC2)nc1C. The van der Waals surface area contributed by atoms with E-state index in [0.29, 0.717) is 11.3 Å². The van der Waals surface area contributed by atoms with Crippen molar-refractivity contribution in [2.45, 2.75) is 45.6 Å². The third kappa shape index (κ3) is 2.37. The zero-order valence-corrected chi connectivity index (χ0v) is 9.89. The average molecular weight is 225 g/mol. The molecule has 1 saturated carbocycles. The van der Waals surface area contributed by atoms with Gasteiger partial charge in [-0.2, -0.15) is 0 Å². The van der Waals surface area contributed by atoms with Crippen molar-refractivity contribution < 1.29 is 9.53 Å². The lowest BCUT2D eigenvalue weighted by Crippen LogP contribution is -2.10. The molecule has 82 valence electrons. The maximum absolute atomic E-state index is 11.2. The van der Waals surface area contributed by atoms with Gasteiger partial charge in [0.1, 0.15) is 6.10 Å². The van der Waals surface area contributed by atoms with Crippen LogP contribution in [-0.4, -0.2) is 16.9 Å². The van der Waals surface area contributed by atoms with Crippen molar-refractivity contribution in [2.75, 3.05) is 0 Å². The van der Waals surface area contributed by atoms with Crippen LogP contribution < -0.4 is 4.74 Å². The molecule has 3 nitrogen and oxygen atoms in total. The fourth-order valence-corrected chi connectivity index (χ4v) is 2.78. The smallest absolute Gasteiger partial charge is 0.274 e. The lowest BCUT2D eigenvalue weighted by Gasteiger charge is -2.08. The molecule has 0 spiro atoms. The van der Waals surface area contributed by atoms with Gasteiger partial charge < -0.3 is 4.74 Å². The first kappa shape index (κ1) is 10.6. The molecule has 1 heterocycles. The predicted molar refractivity (Wildman–Crippen MR) is 59.7 cm³/mol. The van der Waals surface area contributed by atoms with Gasteiger partial charge in [0.05, 0.1) is 10.6 Å². The van der Waals surface area contributed by atoms with E-state index in [1.54, 1.807) is 6.92 Å². The standard InChI is InChI=1S/C11H15NO2S/c1-7-10(8(2)13)15-11(12-7)14-9-5-3-4-6-9/h9H,3-6H2,1-2H3. The van der Waals surface area contributed by atoms with E-state index < -0.39 is 0 Å². The molecule has 0 aliphatic heterocycles. The number of aromatic nitrogens is 1. The molecule has 0 bridgehead atoms. The van der Waals surface area contributed by atoms with E-state index in [-0.39, 0.29) is 5.78 Å². The van der Waals surface area contributed by atoms with Gasteiger partial charge in [0.2, 0.25) is 0 Å². The molecule has 0 aromatic carbocycles. The zero-order valence-electron chi connectivity index (χ0n) is 9.08. The van der Waals surface area contributed by atoms with E-state index in [1.165, 1.54) is 24.2 Å². The minimum absolute atomic E-state index is 0.0753. The maximum Gasteiger partial charge on any atom is 0.274 e. The van der Waals surface area contributed by atoms with Crippen molar-refractivity contribution in [3.63, 3.8) is 0 Å². The molecule has 0 unspecified atom stereocenters. The normalized spacial score (nSPS) is 16.9. The molecule has 0 atom stereocenters. The second-order valence-corrected chi connectivity index (χ2v) is 4.94. The highest BCUT2D eigenvalue weighted by molar-refractivity contribution is 7.15. The highest BCUT2D eigenvalue weighted by Crippen LogP contribution is 2.29. The summed E-state index contributed by atoms with van der Waals surface area (Å²) in [6.07, 6.45) is 5.04. The molecule has 0 saturated heterocycles. The van der Waals surface area contributed by atoms with E-state index >= 15 is 0 Å². The molecule has 1 aliphatic carbocycles. The number of thiazole rings is 1. The second-order valence-electron chi connectivity index (χ2n) is 3.97. The van der Waals surface area contributed by atoms with Crippen LogP contribution in [0.4, 0.5) is 0 Å². The number of Topliss-reactive ketones (excluding diaryl/α,β-unsaturated/α-hetero) is 1. The average Bonchev–Trinajstić information content (AvgIpc) is 2.75. The van der Waals surface area contributed by atoms with E-state index in [9.17, 15) is 4.79 Å². The fourth-order valence-electron chi connectivity index (χ4n) is 1.90. The molecule has 0 amide bonds. The molecule has 1 aromatic heterocycles. The second kappa shape index (κ2) is 4.31. The number of aryl methyl sites for hydroxylation is 1. The maximum atomic E-state index is 11.2. The van der Waals surface area contributed by atoms with Gasteiger partial charge in [-0.25, -0.2) is 4.98 Å². The Morgan fingerprint density at radius 2 is 2.13 bits per heavy atom. The Kier molecular flexibility index (Phi) is 3.05. The van der Waals surface area contributed by atoms with Crippen molar-refractivity contribution in [3.05, 3.63) is 10.6 Å². The highest BCUT2D eigenvalue weighted by atomic mass is 32.1. The van der Waals surface area contributed by atoms with E-state index in [0.717, 1.165) is 23.4 Å². The molecule has 2 rings (SSSR count). The van der Waals surface area contributed by atoms with E-state index in [2.05, 4.69) is 4.98 Å². The number of hydrogen-bond acceptors (Lipinski definition) is 4. The van der Waals surface area contributed by atoms with Gasteiger partial charge in [0.25, 0.3) is 5.19 Å². The summed E-state index contributed by atoms with van der Waals surface area (Å²) in [7, 11) is 0.